The Morgan fingerprint density at radius 3 is 2.76 bits per heavy atom. The molecule has 1 aromatic heterocycles. The molecule has 1 aromatic rings. The number of ether oxygens (including phenoxy) is 1. The van der Waals surface area contributed by atoms with Crippen LogP contribution in [0.5, 0.6) is 0 Å². The molecule has 0 amide bonds. The lowest BCUT2D eigenvalue weighted by Crippen LogP contribution is -2.36. The van der Waals surface area contributed by atoms with Gasteiger partial charge in [-0.2, -0.15) is 0 Å². The highest BCUT2D eigenvalue weighted by atomic mass is 16.5. The van der Waals surface area contributed by atoms with E-state index in [1.54, 1.807) is 4.68 Å². The number of nitrogens with zero attached hydrogens (tertiary/aromatic N) is 4. The molecule has 1 aliphatic rings. The monoisotopic (exact) mass is 239 g/mol. The number of tetrazole rings is 1. The van der Waals surface area contributed by atoms with Crippen LogP contribution in [0.25, 0.3) is 0 Å². The standard InChI is InChI=1S/C11H21N5O/c1-2-17-11(6-4-3-5-7-11)10-13-14-15-16(10)9-8-12/h2-9,12H2,1H3. The highest BCUT2D eigenvalue weighted by Crippen LogP contribution is 2.39. The van der Waals surface area contributed by atoms with Crippen molar-refractivity contribution in [3.63, 3.8) is 0 Å². The van der Waals surface area contributed by atoms with E-state index in [-0.39, 0.29) is 5.60 Å². The highest BCUT2D eigenvalue weighted by Gasteiger charge is 2.39. The summed E-state index contributed by atoms with van der Waals surface area (Å²) in [6, 6.07) is 0. The van der Waals surface area contributed by atoms with Crippen LogP contribution < -0.4 is 5.73 Å². The molecular weight excluding hydrogens is 218 g/mol. The van der Waals surface area contributed by atoms with Crippen molar-refractivity contribution in [3.05, 3.63) is 5.82 Å². The molecule has 0 radical (unpaired) electrons. The second-order valence-electron chi connectivity index (χ2n) is 4.50. The molecule has 96 valence electrons. The molecule has 0 atom stereocenters. The molecule has 1 fully saturated rings. The summed E-state index contributed by atoms with van der Waals surface area (Å²) in [5.41, 5.74) is 5.29. The maximum Gasteiger partial charge on any atom is 0.183 e. The normalized spacial score (nSPS) is 19.4. The maximum absolute atomic E-state index is 6.00. The zero-order valence-electron chi connectivity index (χ0n) is 10.4. The van der Waals surface area contributed by atoms with Gasteiger partial charge in [0, 0.05) is 13.2 Å². The molecule has 0 aromatic carbocycles. The molecule has 1 aliphatic carbocycles. The Labute approximate surface area is 102 Å². The Morgan fingerprint density at radius 2 is 2.12 bits per heavy atom. The van der Waals surface area contributed by atoms with Crippen molar-refractivity contribution in [2.24, 2.45) is 5.73 Å². The van der Waals surface area contributed by atoms with Crippen LogP contribution in [0, 0.1) is 0 Å². The van der Waals surface area contributed by atoms with Gasteiger partial charge in [0.25, 0.3) is 0 Å². The summed E-state index contributed by atoms with van der Waals surface area (Å²) in [7, 11) is 0. The predicted octanol–water partition coefficient (Wildman–Crippen LogP) is 0.828. The fourth-order valence-corrected chi connectivity index (χ4v) is 2.64. The van der Waals surface area contributed by atoms with Gasteiger partial charge in [-0.05, 0) is 30.2 Å². The third-order valence-electron chi connectivity index (χ3n) is 3.36. The smallest absolute Gasteiger partial charge is 0.183 e. The Kier molecular flexibility index (Phi) is 4.06. The average molecular weight is 239 g/mol. The second-order valence-corrected chi connectivity index (χ2v) is 4.50. The Morgan fingerprint density at radius 1 is 1.35 bits per heavy atom. The van der Waals surface area contributed by atoms with Crippen LogP contribution in [-0.4, -0.2) is 33.4 Å². The van der Waals surface area contributed by atoms with Crippen molar-refractivity contribution in [1.29, 1.82) is 0 Å². The second kappa shape index (κ2) is 5.55. The van der Waals surface area contributed by atoms with E-state index in [1.165, 1.54) is 19.3 Å². The van der Waals surface area contributed by atoms with Crippen LogP contribution in [0.15, 0.2) is 0 Å². The van der Waals surface area contributed by atoms with Crippen LogP contribution in [0.4, 0.5) is 0 Å². The van der Waals surface area contributed by atoms with E-state index < -0.39 is 0 Å². The maximum atomic E-state index is 6.00. The minimum Gasteiger partial charge on any atom is -0.367 e. The van der Waals surface area contributed by atoms with Gasteiger partial charge in [-0.25, -0.2) is 4.68 Å². The summed E-state index contributed by atoms with van der Waals surface area (Å²) in [4.78, 5) is 0. The van der Waals surface area contributed by atoms with Gasteiger partial charge in [-0.15, -0.1) is 5.10 Å². The average Bonchev–Trinajstić information content (AvgIpc) is 2.80. The molecule has 1 heterocycles. The quantitative estimate of drug-likeness (QED) is 0.823. The molecule has 0 unspecified atom stereocenters. The van der Waals surface area contributed by atoms with Gasteiger partial charge < -0.3 is 10.5 Å². The molecule has 6 heteroatoms. The summed E-state index contributed by atoms with van der Waals surface area (Å²) >= 11 is 0. The fraction of sp³-hybridized carbons (Fsp3) is 0.909. The van der Waals surface area contributed by atoms with E-state index in [4.69, 9.17) is 10.5 Å². The van der Waals surface area contributed by atoms with Crippen LogP contribution in [0.3, 0.4) is 0 Å². The van der Waals surface area contributed by atoms with E-state index in [2.05, 4.69) is 15.5 Å². The molecule has 2 N–H and O–H groups in total. The van der Waals surface area contributed by atoms with Crippen LogP contribution in [-0.2, 0) is 16.9 Å². The largest absolute Gasteiger partial charge is 0.367 e. The van der Waals surface area contributed by atoms with Crippen molar-refractivity contribution in [2.45, 2.75) is 51.2 Å². The minimum absolute atomic E-state index is 0.286. The first kappa shape index (κ1) is 12.4. The molecule has 0 bridgehead atoms. The van der Waals surface area contributed by atoms with E-state index in [9.17, 15) is 0 Å². The molecule has 17 heavy (non-hydrogen) atoms. The number of aromatic nitrogens is 4. The fourth-order valence-electron chi connectivity index (χ4n) is 2.64. The summed E-state index contributed by atoms with van der Waals surface area (Å²) < 4.78 is 7.79. The zero-order valence-corrected chi connectivity index (χ0v) is 10.4. The minimum atomic E-state index is -0.286. The lowest BCUT2D eigenvalue weighted by molar-refractivity contribution is -0.0795. The SMILES string of the molecule is CCOC1(c2nnnn2CCN)CCCCC1. The number of nitrogens with two attached hydrogens (primary N) is 1. The van der Waals surface area contributed by atoms with Gasteiger partial charge in [0.2, 0.25) is 0 Å². The van der Waals surface area contributed by atoms with Crippen LogP contribution in [0.1, 0.15) is 44.9 Å². The van der Waals surface area contributed by atoms with Crippen molar-refractivity contribution < 1.29 is 4.74 Å². The van der Waals surface area contributed by atoms with E-state index >= 15 is 0 Å². The number of rotatable bonds is 5. The van der Waals surface area contributed by atoms with Gasteiger partial charge in [-0.3, -0.25) is 0 Å². The number of hydrogen-bond acceptors (Lipinski definition) is 5. The molecule has 0 saturated heterocycles. The Balaban J connectivity index is 2.27. The van der Waals surface area contributed by atoms with E-state index in [1.807, 2.05) is 6.92 Å². The number of hydrogen-bond donors (Lipinski definition) is 1. The van der Waals surface area contributed by atoms with Crippen LogP contribution in [0.2, 0.25) is 0 Å². The van der Waals surface area contributed by atoms with Crippen molar-refractivity contribution >= 4 is 0 Å². The molecule has 2 rings (SSSR count). The first-order valence-electron chi connectivity index (χ1n) is 6.43. The summed E-state index contributed by atoms with van der Waals surface area (Å²) in [6.07, 6.45) is 5.63. The van der Waals surface area contributed by atoms with Gasteiger partial charge >= 0.3 is 0 Å². The van der Waals surface area contributed by atoms with Gasteiger partial charge in [-0.1, -0.05) is 19.3 Å². The molecular formula is C11H21N5O. The molecule has 0 aliphatic heterocycles. The molecule has 6 nitrogen and oxygen atoms in total. The van der Waals surface area contributed by atoms with Crippen molar-refractivity contribution in [2.75, 3.05) is 13.2 Å². The first-order valence-corrected chi connectivity index (χ1v) is 6.43. The summed E-state index contributed by atoms with van der Waals surface area (Å²) in [6.45, 7) is 3.90. The van der Waals surface area contributed by atoms with Crippen molar-refractivity contribution in [1.82, 2.24) is 20.2 Å². The third kappa shape index (κ3) is 2.47. The lowest BCUT2D eigenvalue weighted by atomic mass is 9.84. The topological polar surface area (TPSA) is 78.9 Å². The lowest BCUT2D eigenvalue weighted by Gasteiger charge is -2.35. The van der Waals surface area contributed by atoms with Gasteiger partial charge in [0.15, 0.2) is 5.82 Å². The molecule has 1 saturated carbocycles. The van der Waals surface area contributed by atoms with Crippen LogP contribution >= 0.6 is 0 Å². The highest BCUT2D eigenvalue weighted by molar-refractivity contribution is 5.02. The van der Waals surface area contributed by atoms with E-state index in [0.29, 0.717) is 19.7 Å². The third-order valence-corrected chi connectivity index (χ3v) is 3.36. The summed E-state index contributed by atoms with van der Waals surface area (Å²) in [5, 5.41) is 11.9. The first-order chi connectivity index (χ1) is 8.32. The van der Waals surface area contributed by atoms with Crippen molar-refractivity contribution in [3.8, 4) is 0 Å². The zero-order chi connectivity index (χ0) is 12.1. The van der Waals surface area contributed by atoms with Gasteiger partial charge in [0.05, 0.1) is 6.54 Å². The predicted molar refractivity (Wildman–Crippen MR) is 63.3 cm³/mol. The Hall–Kier alpha value is -1.01. The van der Waals surface area contributed by atoms with E-state index in [0.717, 1.165) is 18.7 Å². The Bertz CT molecular complexity index is 340. The molecule has 0 spiro atoms. The van der Waals surface area contributed by atoms with Gasteiger partial charge in [0.1, 0.15) is 5.60 Å². The summed E-state index contributed by atoms with van der Waals surface area (Å²) in [5.74, 6) is 0.851.